The highest BCUT2D eigenvalue weighted by Gasteiger charge is 2.21. The Morgan fingerprint density at radius 2 is 1.92 bits per heavy atom. The Bertz CT molecular complexity index is 1760. The number of nitrogens with zero attached hydrogens (tertiary/aromatic N) is 3. The summed E-state index contributed by atoms with van der Waals surface area (Å²) in [7, 11) is 0. The van der Waals surface area contributed by atoms with Crippen LogP contribution >= 0.6 is 0 Å². The molecule has 10 heteroatoms. The number of ketones is 1. The van der Waals surface area contributed by atoms with Crippen molar-refractivity contribution >= 4 is 28.4 Å². The van der Waals surface area contributed by atoms with E-state index in [9.17, 15) is 9.59 Å². The van der Waals surface area contributed by atoms with Gasteiger partial charge in [0.2, 0.25) is 5.78 Å². The van der Waals surface area contributed by atoms with Crippen LogP contribution in [0, 0.1) is 18.3 Å². The number of carbonyl (C=O) groups excluding carboxylic acids is 2. The fraction of sp³-hybridized carbons (Fsp3) is 0.103. The van der Waals surface area contributed by atoms with Crippen molar-refractivity contribution in [1.29, 1.82) is 5.26 Å². The van der Waals surface area contributed by atoms with Gasteiger partial charge in [-0.05, 0) is 73.2 Å². The lowest BCUT2D eigenvalue weighted by Crippen LogP contribution is -2.28. The van der Waals surface area contributed by atoms with Crippen LogP contribution in [0.15, 0.2) is 72.9 Å². The lowest BCUT2D eigenvalue weighted by molar-refractivity contribution is 0.0954. The minimum atomic E-state index is -0.320. The van der Waals surface area contributed by atoms with Gasteiger partial charge in [0.1, 0.15) is 17.3 Å². The Hall–Kier alpha value is -5.40. The van der Waals surface area contributed by atoms with Crippen LogP contribution in [-0.4, -0.2) is 39.5 Å². The molecule has 0 radical (unpaired) electrons. The molecule has 0 unspecified atom stereocenters. The minimum absolute atomic E-state index is 0.194. The summed E-state index contributed by atoms with van der Waals surface area (Å²) in [6.45, 7) is 2.61. The maximum absolute atomic E-state index is 13.3. The molecule has 39 heavy (non-hydrogen) atoms. The maximum atomic E-state index is 13.3. The predicted octanol–water partition coefficient (Wildman–Crippen LogP) is 3.83. The number of nitrogens with one attached hydrogen (secondary N) is 2. The number of rotatable bonds is 8. The Morgan fingerprint density at radius 1 is 1.10 bits per heavy atom. The highest BCUT2D eigenvalue weighted by atomic mass is 16.5. The number of aromatic amines is 1. The van der Waals surface area contributed by atoms with Crippen molar-refractivity contribution in [3.05, 3.63) is 101 Å². The molecule has 0 bridgehead atoms. The quantitative estimate of drug-likeness (QED) is 0.226. The molecule has 5 aromatic rings. The van der Waals surface area contributed by atoms with Crippen LogP contribution in [0.5, 0.6) is 11.5 Å². The van der Waals surface area contributed by atoms with E-state index in [1.54, 1.807) is 60.7 Å². The molecule has 0 saturated heterocycles. The summed E-state index contributed by atoms with van der Waals surface area (Å²) in [6, 6.07) is 21.2. The third-order valence-electron chi connectivity index (χ3n) is 6.20. The van der Waals surface area contributed by atoms with Gasteiger partial charge in [0.15, 0.2) is 0 Å². The summed E-state index contributed by atoms with van der Waals surface area (Å²) in [6.07, 6.45) is 1.44. The summed E-state index contributed by atoms with van der Waals surface area (Å²) in [5.41, 5.74) is 15.6. The minimum Gasteiger partial charge on any atom is -0.457 e. The van der Waals surface area contributed by atoms with Gasteiger partial charge in [-0.2, -0.15) is 10.4 Å². The number of hydrogen-bond donors (Lipinski definition) is 4. The molecule has 1 amide bonds. The molecule has 0 spiro atoms. The van der Waals surface area contributed by atoms with E-state index in [1.807, 2.05) is 13.0 Å². The number of anilines is 1. The smallest absolute Gasteiger partial charge is 0.251 e. The van der Waals surface area contributed by atoms with Gasteiger partial charge >= 0.3 is 0 Å². The maximum Gasteiger partial charge on any atom is 0.251 e. The number of hydrogen-bond acceptors (Lipinski definition) is 7. The Kier molecular flexibility index (Phi) is 6.82. The number of nitrogen functional groups attached to an aromatic ring is 1. The third kappa shape index (κ3) is 5.07. The number of aryl methyl sites for hydroxylation is 1. The van der Waals surface area contributed by atoms with Crippen molar-refractivity contribution in [2.75, 3.05) is 18.8 Å². The van der Waals surface area contributed by atoms with Crippen LogP contribution in [-0.2, 0) is 0 Å². The molecule has 2 aromatic heterocycles. The van der Waals surface area contributed by atoms with E-state index in [1.165, 1.54) is 10.9 Å². The second-order valence-electron chi connectivity index (χ2n) is 8.90. The Morgan fingerprint density at radius 3 is 2.69 bits per heavy atom. The zero-order chi connectivity index (χ0) is 27.5. The summed E-state index contributed by atoms with van der Waals surface area (Å²) in [4.78, 5) is 28.7. The van der Waals surface area contributed by atoms with E-state index < -0.39 is 0 Å². The van der Waals surface area contributed by atoms with Crippen LogP contribution in [0.4, 0.5) is 5.82 Å². The molecule has 0 atom stereocenters. The van der Waals surface area contributed by atoms with Gasteiger partial charge < -0.3 is 26.5 Å². The number of amides is 1. The second kappa shape index (κ2) is 10.5. The van der Waals surface area contributed by atoms with E-state index in [0.717, 1.165) is 10.9 Å². The van der Waals surface area contributed by atoms with Gasteiger partial charge in [-0.25, -0.2) is 4.68 Å². The fourth-order valence-corrected chi connectivity index (χ4v) is 4.25. The number of nitriles is 1. The summed E-state index contributed by atoms with van der Waals surface area (Å²) in [5.74, 6) is 0.777. The molecule has 0 saturated carbocycles. The predicted molar refractivity (Wildman–Crippen MR) is 147 cm³/mol. The zero-order valence-electron chi connectivity index (χ0n) is 21.1. The van der Waals surface area contributed by atoms with Crippen LogP contribution in [0.25, 0.3) is 16.6 Å². The topological polar surface area (TPSA) is 165 Å². The number of nitrogens with two attached hydrogens (primary N) is 2. The van der Waals surface area contributed by atoms with Crippen molar-refractivity contribution in [3.63, 3.8) is 0 Å². The molecule has 0 aliphatic rings. The molecule has 5 rings (SSSR count). The average molecular weight is 520 g/mol. The molecule has 3 aromatic carbocycles. The van der Waals surface area contributed by atoms with Crippen molar-refractivity contribution in [2.24, 2.45) is 5.73 Å². The summed E-state index contributed by atoms with van der Waals surface area (Å²) < 4.78 is 7.40. The molecule has 0 aliphatic carbocycles. The summed E-state index contributed by atoms with van der Waals surface area (Å²) >= 11 is 0. The normalized spacial score (nSPS) is 10.8. The van der Waals surface area contributed by atoms with Gasteiger partial charge in [0.05, 0.1) is 34.8 Å². The van der Waals surface area contributed by atoms with Crippen LogP contribution < -0.4 is 21.5 Å². The highest BCUT2D eigenvalue weighted by Crippen LogP contribution is 2.28. The molecule has 2 heterocycles. The standard InChI is InChI=1S/C29H25N7O3/c1-17-11-22(39-21-4-2-3-18(12-21)15-31)6-8-26(17)36-28(32)23(16-34-36)27(37)25-14-20-13-19(5-7-24(20)35-25)29(38)33-10-9-30/h2-8,11-14,16,35H,9-10,30,32H2,1H3,(H,33,38). The Balaban J connectivity index is 1.38. The fourth-order valence-electron chi connectivity index (χ4n) is 4.25. The first-order chi connectivity index (χ1) is 18.9. The first-order valence-electron chi connectivity index (χ1n) is 12.2. The number of H-pyrrole nitrogens is 1. The van der Waals surface area contributed by atoms with Gasteiger partial charge in [-0.1, -0.05) is 6.07 Å². The highest BCUT2D eigenvalue weighted by molar-refractivity contribution is 6.13. The van der Waals surface area contributed by atoms with Gasteiger partial charge in [0.25, 0.3) is 5.91 Å². The van der Waals surface area contributed by atoms with E-state index in [4.69, 9.17) is 21.5 Å². The van der Waals surface area contributed by atoms with Crippen molar-refractivity contribution in [2.45, 2.75) is 6.92 Å². The number of benzene rings is 3. The van der Waals surface area contributed by atoms with Crippen LogP contribution in [0.1, 0.15) is 37.5 Å². The SMILES string of the molecule is Cc1cc(Oc2cccc(C#N)c2)ccc1-n1ncc(C(=O)c2cc3cc(C(=O)NCCN)ccc3[nH]2)c1N. The molecular formula is C29H25N7O3. The molecule has 0 aliphatic heterocycles. The third-order valence-corrected chi connectivity index (χ3v) is 6.20. The average Bonchev–Trinajstić information content (AvgIpc) is 3.54. The monoisotopic (exact) mass is 519 g/mol. The van der Waals surface area contributed by atoms with E-state index >= 15 is 0 Å². The molecule has 0 fully saturated rings. The molecule has 6 N–H and O–H groups in total. The zero-order valence-corrected chi connectivity index (χ0v) is 21.1. The molecule has 194 valence electrons. The molecular weight excluding hydrogens is 494 g/mol. The van der Waals surface area contributed by atoms with E-state index in [0.29, 0.717) is 52.6 Å². The largest absolute Gasteiger partial charge is 0.457 e. The van der Waals surface area contributed by atoms with Crippen molar-refractivity contribution < 1.29 is 14.3 Å². The van der Waals surface area contributed by atoms with Gasteiger partial charge in [-0.15, -0.1) is 0 Å². The second-order valence-corrected chi connectivity index (χ2v) is 8.90. The first kappa shape index (κ1) is 25.3. The van der Waals surface area contributed by atoms with Crippen molar-refractivity contribution in [3.8, 4) is 23.3 Å². The Labute approximate surface area is 223 Å². The van der Waals surface area contributed by atoms with Crippen LogP contribution in [0.3, 0.4) is 0 Å². The molecule has 10 nitrogen and oxygen atoms in total. The van der Waals surface area contributed by atoms with Gasteiger partial charge in [0, 0.05) is 29.6 Å². The van der Waals surface area contributed by atoms with Crippen LogP contribution in [0.2, 0.25) is 0 Å². The number of fused-ring (bicyclic) bond motifs is 1. The number of carbonyl (C=O) groups is 2. The van der Waals surface area contributed by atoms with Gasteiger partial charge in [-0.3, -0.25) is 9.59 Å². The van der Waals surface area contributed by atoms with E-state index in [-0.39, 0.29) is 23.1 Å². The van der Waals surface area contributed by atoms with E-state index in [2.05, 4.69) is 21.5 Å². The number of aromatic nitrogens is 3. The number of ether oxygens (including phenoxy) is 1. The first-order valence-corrected chi connectivity index (χ1v) is 12.2. The lowest BCUT2D eigenvalue weighted by atomic mass is 10.1. The lowest BCUT2D eigenvalue weighted by Gasteiger charge is -2.11. The summed E-state index contributed by atoms with van der Waals surface area (Å²) in [5, 5.41) is 16.9. The van der Waals surface area contributed by atoms with Crippen molar-refractivity contribution in [1.82, 2.24) is 20.1 Å².